The summed E-state index contributed by atoms with van der Waals surface area (Å²) in [6, 6.07) is 7.02. The van der Waals surface area contributed by atoms with Crippen LogP contribution in [0.5, 0.6) is 5.75 Å². The Hall–Kier alpha value is -1.75. The maximum atomic E-state index is 11.3. The Morgan fingerprint density at radius 1 is 1.42 bits per heavy atom. The van der Waals surface area contributed by atoms with Crippen LogP contribution in [0.25, 0.3) is 0 Å². The van der Waals surface area contributed by atoms with E-state index in [4.69, 9.17) is 16.3 Å². The molecule has 0 bridgehead atoms. The van der Waals surface area contributed by atoms with Crippen molar-refractivity contribution in [3.8, 4) is 5.75 Å². The third-order valence-electron chi connectivity index (χ3n) is 2.43. The van der Waals surface area contributed by atoms with E-state index in [0.717, 1.165) is 11.3 Å². The first kappa shape index (κ1) is 15.3. The number of ether oxygens (including phenoxy) is 1. The molecule has 5 nitrogen and oxygen atoms in total. The van der Waals surface area contributed by atoms with Crippen LogP contribution in [-0.4, -0.2) is 31.0 Å². The van der Waals surface area contributed by atoms with Crippen LogP contribution in [0.15, 0.2) is 24.3 Å². The zero-order chi connectivity index (χ0) is 14.3. The Labute approximate surface area is 117 Å². The SMILES string of the molecule is COc1cccc(CCNC(=O)NC(=O)C(C)Cl)c1. The van der Waals surface area contributed by atoms with Gasteiger partial charge >= 0.3 is 6.03 Å². The van der Waals surface area contributed by atoms with Crippen LogP contribution in [0.3, 0.4) is 0 Å². The van der Waals surface area contributed by atoms with Crippen LogP contribution in [0, 0.1) is 0 Å². The van der Waals surface area contributed by atoms with Crippen molar-refractivity contribution in [1.29, 1.82) is 0 Å². The Kier molecular flexibility index (Phi) is 6.15. The van der Waals surface area contributed by atoms with Gasteiger partial charge in [-0.2, -0.15) is 0 Å². The number of urea groups is 1. The van der Waals surface area contributed by atoms with Crippen molar-refractivity contribution >= 4 is 23.5 Å². The summed E-state index contributed by atoms with van der Waals surface area (Å²) in [6.45, 7) is 1.92. The van der Waals surface area contributed by atoms with Crippen LogP contribution in [-0.2, 0) is 11.2 Å². The number of nitrogens with one attached hydrogen (secondary N) is 2. The fourth-order valence-electron chi connectivity index (χ4n) is 1.40. The average molecular weight is 285 g/mol. The number of imide groups is 1. The summed E-state index contributed by atoms with van der Waals surface area (Å²) in [7, 11) is 1.60. The van der Waals surface area contributed by atoms with E-state index in [1.807, 2.05) is 24.3 Å². The second-order valence-corrected chi connectivity index (χ2v) is 4.62. The molecule has 0 saturated carbocycles. The molecule has 0 fully saturated rings. The van der Waals surface area contributed by atoms with E-state index >= 15 is 0 Å². The lowest BCUT2D eigenvalue weighted by Crippen LogP contribution is -2.42. The second kappa shape index (κ2) is 7.63. The minimum atomic E-state index is -0.732. The van der Waals surface area contributed by atoms with Gasteiger partial charge < -0.3 is 10.1 Å². The summed E-state index contributed by atoms with van der Waals surface area (Å²) < 4.78 is 5.10. The summed E-state index contributed by atoms with van der Waals surface area (Å²) in [6.07, 6.45) is 0.648. The van der Waals surface area contributed by atoms with E-state index in [9.17, 15) is 9.59 Å². The van der Waals surface area contributed by atoms with Gasteiger partial charge in [0.1, 0.15) is 11.1 Å². The Balaban J connectivity index is 2.33. The first-order chi connectivity index (χ1) is 9.02. The number of carbonyl (C=O) groups is 2. The van der Waals surface area contributed by atoms with Crippen molar-refractivity contribution < 1.29 is 14.3 Å². The fraction of sp³-hybridized carbons (Fsp3) is 0.385. The van der Waals surface area contributed by atoms with E-state index < -0.39 is 17.3 Å². The first-order valence-corrected chi connectivity index (χ1v) is 6.32. The molecule has 1 unspecified atom stereocenters. The molecule has 1 aromatic rings. The molecule has 0 saturated heterocycles. The van der Waals surface area contributed by atoms with Gasteiger partial charge in [-0.25, -0.2) is 4.79 Å². The van der Waals surface area contributed by atoms with Crippen molar-refractivity contribution in [3.63, 3.8) is 0 Å². The number of amides is 3. The minimum Gasteiger partial charge on any atom is -0.497 e. The molecule has 104 valence electrons. The number of carbonyl (C=O) groups excluding carboxylic acids is 2. The maximum absolute atomic E-state index is 11.3. The lowest BCUT2D eigenvalue weighted by molar-refractivity contribution is -0.119. The fourth-order valence-corrected chi connectivity index (χ4v) is 1.46. The molecule has 1 atom stereocenters. The lowest BCUT2D eigenvalue weighted by atomic mass is 10.1. The third-order valence-corrected chi connectivity index (χ3v) is 2.63. The number of rotatable bonds is 5. The highest BCUT2D eigenvalue weighted by Crippen LogP contribution is 2.12. The van der Waals surface area contributed by atoms with Crippen LogP contribution < -0.4 is 15.4 Å². The van der Waals surface area contributed by atoms with E-state index in [-0.39, 0.29) is 0 Å². The highest BCUT2D eigenvalue weighted by Gasteiger charge is 2.12. The first-order valence-electron chi connectivity index (χ1n) is 5.88. The number of hydrogen-bond donors (Lipinski definition) is 2. The second-order valence-electron chi connectivity index (χ2n) is 3.96. The number of methoxy groups -OCH3 is 1. The molecule has 1 aromatic carbocycles. The third kappa shape index (κ3) is 5.61. The zero-order valence-corrected chi connectivity index (χ0v) is 11.7. The molecule has 0 heterocycles. The van der Waals surface area contributed by atoms with Crippen LogP contribution in [0.1, 0.15) is 12.5 Å². The average Bonchev–Trinajstić information content (AvgIpc) is 2.38. The molecule has 19 heavy (non-hydrogen) atoms. The Bertz CT molecular complexity index is 449. The molecule has 0 aromatic heterocycles. The number of hydrogen-bond acceptors (Lipinski definition) is 3. The maximum Gasteiger partial charge on any atom is 0.321 e. The predicted octanol–water partition coefficient (Wildman–Crippen LogP) is 1.69. The lowest BCUT2D eigenvalue weighted by Gasteiger charge is -2.08. The Morgan fingerprint density at radius 3 is 2.79 bits per heavy atom. The largest absolute Gasteiger partial charge is 0.497 e. The van der Waals surface area contributed by atoms with Gasteiger partial charge in [0.15, 0.2) is 0 Å². The molecule has 1 rings (SSSR count). The molecule has 0 radical (unpaired) electrons. The molecular weight excluding hydrogens is 268 g/mol. The molecule has 0 spiro atoms. The van der Waals surface area contributed by atoms with E-state index in [0.29, 0.717) is 13.0 Å². The molecule has 0 aliphatic carbocycles. The van der Waals surface area contributed by atoms with Gasteiger partial charge in [0.05, 0.1) is 7.11 Å². The number of halogens is 1. The van der Waals surface area contributed by atoms with Crippen molar-refractivity contribution in [2.75, 3.05) is 13.7 Å². The van der Waals surface area contributed by atoms with Crippen molar-refractivity contribution in [1.82, 2.24) is 10.6 Å². The monoisotopic (exact) mass is 284 g/mol. The predicted molar refractivity (Wildman–Crippen MR) is 73.6 cm³/mol. The summed E-state index contributed by atoms with van der Waals surface area (Å²) in [5.41, 5.74) is 1.04. The molecule has 0 aliphatic rings. The number of benzene rings is 1. The van der Waals surface area contributed by atoms with Gasteiger partial charge in [0, 0.05) is 6.54 Å². The highest BCUT2D eigenvalue weighted by atomic mass is 35.5. The van der Waals surface area contributed by atoms with E-state index in [2.05, 4.69) is 10.6 Å². The van der Waals surface area contributed by atoms with Gasteiger partial charge in [-0.3, -0.25) is 10.1 Å². The van der Waals surface area contributed by atoms with Crippen LogP contribution >= 0.6 is 11.6 Å². The van der Waals surface area contributed by atoms with E-state index in [1.54, 1.807) is 7.11 Å². The van der Waals surface area contributed by atoms with Gasteiger partial charge in [-0.15, -0.1) is 11.6 Å². The van der Waals surface area contributed by atoms with Gasteiger partial charge in [0.25, 0.3) is 0 Å². The normalized spacial score (nSPS) is 11.5. The van der Waals surface area contributed by atoms with Gasteiger partial charge in [-0.05, 0) is 31.0 Å². The zero-order valence-electron chi connectivity index (χ0n) is 10.9. The Morgan fingerprint density at radius 2 is 2.16 bits per heavy atom. The standard InChI is InChI=1S/C13H17ClN2O3/c1-9(14)12(17)16-13(18)15-7-6-10-4-3-5-11(8-10)19-2/h3-5,8-9H,6-7H2,1-2H3,(H2,15,16,17,18). The summed E-state index contributed by atoms with van der Waals surface area (Å²) >= 11 is 5.53. The molecule has 3 amide bonds. The van der Waals surface area contributed by atoms with E-state index in [1.165, 1.54) is 6.92 Å². The van der Waals surface area contributed by atoms with Crippen molar-refractivity contribution in [2.45, 2.75) is 18.7 Å². The van der Waals surface area contributed by atoms with Crippen molar-refractivity contribution in [3.05, 3.63) is 29.8 Å². The van der Waals surface area contributed by atoms with Gasteiger partial charge in [0.2, 0.25) is 5.91 Å². The number of alkyl halides is 1. The van der Waals surface area contributed by atoms with Crippen LogP contribution in [0.4, 0.5) is 4.79 Å². The summed E-state index contributed by atoms with van der Waals surface area (Å²) in [5, 5.41) is 3.99. The molecular formula is C13H17ClN2O3. The summed E-state index contributed by atoms with van der Waals surface area (Å²) in [4.78, 5) is 22.5. The molecule has 0 aliphatic heterocycles. The summed E-state index contributed by atoms with van der Waals surface area (Å²) in [5.74, 6) is 0.258. The van der Waals surface area contributed by atoms with Crippen molar-refractivity contribution in [2.24, 2.45) is 0 Å². The van der Waals surface area contributed by atoms with Gasteiger partial charge in [-0.1, -0.05) is 12.1 Å². The quantitative estimate of drug-likeness (QED) is 0.809. The molecule has 6 heteroatoms. The minimum absolute atomic E-state index is 0.420. The van der Waals surface area contributed by atoms with Crippen LogP contribution in [0.2, 0.25) is 0 Å². The smallest absolute Gasteiger partial charge is 0.321 e. The highest BCUT2D eigenvalue weighted by molar-refractivity contribution is 6.31. The topological polar surface area (TPSA) is 67.4 Å². The molecule has 2 N–H and O–H groups in total.